The fourth-order valence-electron chi connectivity index (χ4n) is 3.12. The third-order valence-corrected chi connectivity index (χ3v) is 4.53. The zero-order valence-corrected chi connectivity index (χ0v) is 14.2. The standard InChI is InChI=1S/C20H20F2N2O2/c21-16-10-5-11-17(22)18(16)24-20(26)14-7-4-6-13(12-14)19(25)23-15-8-2-1-3-9-15/h4-7,10-12,15H,1-3,8-9H2,(H,23,25)(H,24,26). The molecule has 2 aromatic carbocycles. The molecule has 0 radical (unpaired) electrons. The van der Waals surface area contributed by atoms with Crippen LogP contribution in [0.4, 0.5) is 14.5 Å². The highest BCUT2D eigenvalue weighted by molar-refractivity contribution is 6.06. The van der Waals surface area contributed by atoms with Crippen molar-refractivity contribution in [1.29, 1.82) is 0 Å². The lowest BCUT2D eigenvalue weighted by Gasteiger charge is -2.22. The summed E-state index contributed by atoms with van der Waals surface area (Å²) in [5.74, 6) is -2.64. The largest absolute Gasteiger partial charge is 0.349 e. The lowest BCUT2D eigenvalue weighted by molar-refractivity contribution is 0.0927. The van der Waals surface area contributed by atoms with E-state index in [0.29, 0.717) is 5.56 Å². The maximum Gasteiger partial charge on any atom is 0.255 e. The molecule has 2 amide bonds. The number of hydrogen-bond acceptors (Lipinski definition) is 2. The molecule has 1 aliphatic rings. The van der Waals surface area contributed by atoms with Crippen LogP contribution >= 0.6 is 0 Å². The van der Waals surface area contributed by atoms with Crippen molar-refractivity contribution in [2.24, 2.45) is 0 Å². The van der Waals surface area contributed by atoms with Crippen molar-refractivity contribution in [3.05, 3.63) is 65.2 Å². The summed E-state index contributed by atoms with van der Waals surface area (Å²) < 4.78 is 27.4. The van der Waals surface area contributed by atoms with E-state index in [4.69, 9.17) is 0 Å². The molecule has 3 rings (SSSR count). The smallest absolute Gasteiger partial charge is 0.255 e. The maximum atomic E-state index is 13.7. The van der Waals surface area contributed by atoms with Gasteiger partial charge in [0, 0.05) is 17.2 Å². The first-order chi connectivity index (χ1) is 12.5. The first-order valence-electron chi connectivity index (χ1n) is 8.71. The first kappa shape index (κ1) is 18.0. The van der Waals surface area contributed by atoms with Gasteiger partial charge in [0.2, 0.25) is 0 Å². The second-order valence-corrected chi connectivity index (χ2v) is 6.44. The predicted molar refractivity (Wildman–Crippen MR) is 95.1 cm³/mol. The van der Waals surface area contributed by atoms with Gasteiger partial charge < -0.3 is 10.6 Å². The molecule has 0 saturated heterocycles. The Balaban J connectivity index is 1.72. The molecule has 136 valence electrons. The summed E-state index contributed by atoms with van der Waals surface area (Å²) in [6, 6.07) is 9.59. The van der Waals surface area contributed by atoms with Crippen LogP contribution in [-0.4, -0.2) is 17.9 Å². The Labute approximate surface area is 150 Å². The maximum absolute atomic E-state index is 13.7. The second kappa shape index (κ2) is 8.08. The molecular weight excluding hydrogens is 338 g/mol. The van der Waals surface area contributed by atoms with E-state index in [2.05, 4.69) is 10.6 Å². The van der Waals surface area contributed by atoms with Gasteiger partial charge in [-0.1, -0.05) is 31.4 Å². The van der Waals surface area contributed by atoms with Crippen molar-refractivity contribution >= 4 is 17.5 Å². The Morgan fingerprint density at radius 3 is 2.08 bits per heavy atom. The Hall–Kier alpha value is -2.76. The van der Waals surface area contributed by atoms with Crippen molar-refractivity contribution in [1.82, 2.24) is 5.32 Å². The quantitative estimate of drug-likeness (QED) is 0.857. The zero-order chi connectivity index (χ0) is 18.5. The van der Waals surface area contributed by atoms with Gasteiger partial charge in [-0.15, -0.1) is 0 Å². The lowest BCUT2D eigenvalue weighted by atomic mass is 9.95. The third kappa shape index (κ3) is 4.25. The second-order valence-electron chi connectivity index (χ2n) is 6.44. The predicted octanol–water partition coefficient (Wildman–Crippen LogP) is 4.28. The van der Waals surface area contributed by atoms with Crippen LogP contribution in [0, 0.1) is 11.6 Å². The summed E-state index contributed by atoms with van der Waals surface area (Å²) in [7, 11) is 0. The van der Waals surface area contributed by atoms with E-state index in [1.807, 2.05) is 0 Å². The number of amides is 2. The number of anilines is 1. The van der Waals surface area contributed by atoms with E-state index in [0.717, 1.165) is 37.8 Å². The van der Waals surface area contributed by atoms with Crippen LogP contribution < -0.4 is 10.6 Å². The van der Waals surface area contributed by atoms with Gasteiger partial charge in [0.25, 0.3) is 11.8 Å². The highest BCUT2D eigenvalue weighted by Crippen LogP contribution is 2.20. The van der Waals surface area contributed by atoms with Gasteiger partial charge in [-0.2, -0.15) is 0 Å². The van der Waals surface area contributed by atoms with Gasteiger partial charge in [0.05, 0.1) is 0 Å². The summed E-state index contributed by atoms with van der Waals surface area (Å²) in [4.78, 5) is 24.7. The molecule has 2 aromatic rings. The molecule has 1 fully saturated rings. The Morgan fingerprint density at radius 2 is 1.42 bits per heavy atom. The molecule has 2 N–H and O–H groups in total. The van der Waals surface area contributed by atoms with Gasteiger partial charge in [0.1, 0.15) is 17.3 Å². The van der Waals surface area contributed by atoms with Crippen LogP contribution in [-0.2, 0) is 0 Å². The minimum absolute atomic E-state index is 0.154. The summed E-state index contributed by atoms with van der Waals surface area (Å²) in [6.45, 7) is 0. The molecule has 4 nitrogen and oxygen atoms in total. The number of hydrogen-bond donors (Lipinski definition) is 2. The van der Waals surface area contributed by atoms with E-state index < -0.39 is 23.2 Å². The number of carbonyl (C=O) groups is 2. The molecule has 0 atom stereocenters. The highest BCUT2D eigenvalue weighted by Gasteiger charge is 2.18. The Kier molecular flexibility index (Phi) is 5.61. The summed E-state index contributed by atoms with van der Waals surface area (Å²) in [6.07, 6.45) is 5.30. The fourth-order valence-corrected chi connectivity index (χ4v) is 3.12. The molecule has 0 unspecified atom stereocenters. The summed E-state index contributed by atoms with van der Waals surface area (Å²) >= 11 is 0. The molecule has 6 heteroatoms. The molecule has 26 heavy (non-hydrogen) atoms. The monoisotopic (exact) mass is 358 g/mol. The van der Waals surface area contributed by atoms with Crippen molar-refractivity contribution in [3.63, 3.8) is 0 Å². The van der Waals surface area contributed by atoms with Crippen LogP contribution in [0.2, 0.25) is 0 Å². The number of benzene rings is 2. The van der Waals surface area contributed by atoms with E-state index in [-0.39, 0.29) is 17.5 Å². The van der Waals surface area contributed by atoms with Crippen LogP contribution in [0.25, 0.3) is 0 Å². The van der Waals surface area contributed by atoms with Crippen LogP contribution in [0.1, 0.15) is 52.8 Å². The molecule has 0 heterocycles. The van der Waals surface area contributed by atoms with Crippen molar-refractivity contribution in [3.8, 4) is 0 Å². The van der Waals surface area contributed by atoms with Crippen molar-refractivity contribution in [2.45, 2.75) is 38.1 Å². The van der Waals surface area contributed by atoms with E-state index in [1.54, 1.807) is 12.1 Å². The number of rotatable bonds is 4. The summed E-state index contributed by atoms with van der Waals surface area (Å²) in [5, 5.41) is 5.20. The highest BCUT2D eigenvalue weighted by atomic mass is 19.1. The molecular formula is C20H20F2N2O2. The normalized spacial score (nSPS) is 14.7. The van der Waals surface area contributed by atoms with Gasteiger partial charge in [-0.3, -0.25) is 9.59 Å². The molecule has 1 aliphatic carbocycles. The van der Waals surface area contributed by atoms with Crippen molar-refractivity contribution < 1.29 is 18.4 Å². The average molecular weight is 358 g/mol. The average Bonchev–Trinajstić information content (AvgIpc) is 2.65. The molecule has 0 spiro atoms. The minimum Gasteiger partial charge on any atom is -0.349 e. The number of halogens is 2. The molecule has 0 aliphatic heterocycles. The van der Waals surface area contributed by atoms with E-state index in [9.17, 15) is 18.4 Å². The van der Waals surface area contributed by atoms with Crippen LogP contribution in [0.3, 0.4) is 0 Å². The fraction of sp³-hybridized carbons (Fsp3) is 0.300. The van der Waals surface area contributed by atoms with Crippen LogP contribution in [0.5, 0.6) is 0 Å². The number of carbonyl (C=O) groups excluding carboxylic acids is 2. The Bertz CT molecular complexity index is 797. The zero-order valence-electron chi connectivity index (χ0n) is 14.2. The number of para-hydroxylation sites is 1. The first-order valence-corrected chi connectivity index (χ1v) is 8.71. The van der Waals surface area contributed by atoms with E-state index in [1.165, 1.54) is 24.6 Å². The SMILES string of the molecule is O=C(Nc1c(F)cccc1F)c1cccc(C(=O)NC2CCCCC2)c1. The molecule has 0 bridgehead atoms. The van der Waals surface area contributed by atoms with Crippen molar-refractivity contribution in [2.75, 3.05) is 5.32 Å². The Morgan fingerprint density at radius 1 is 0.846 bits per heavy atom. The number of nitrogens with one attached hydrogen (secondary N) is 2. The van der Waals surface area contributed by atoms with Crippen LogP contribution in [0.15, 0.2) is 42.5 Å². The van der Waals surface area contributed by atoms with Gasteiger partial charge >= 0.3 is 0 Å². The lowest BCUT2D eigenvalue weighted by Crippen LogP contribution is -2.36. The third-order valence-electron chi connectivity index (χ3n) is 4.53. The van der Waals surface area contributed by atoms with Gasteiger partial charge in [-0.05, 0) is 43.2 Å². The van der Waals surface area contributed by atoms with E-state index >= 15 is 0 Å². The minimum atomic E-state index is -0.857. The van der Waals surface area contributed by atoms with Gasteiger partial charge in [0.15, 0.2) is 0 Å². The topological polar surface area (TPSA) is 58.2 Å². The molecule has 0 aromatic heterocycles. The molecule has 1 saturated carbocycles. The summed E-state index contributed by atoms with van der Waals surface area (Å²) in [5.41, 5.74) is -0.00395. The van der Waals surface area contributed by atoms with Gasteiger partial charge in [-0.25, -0.2) is 8.78 Å².